The van der Waals surface area contributed by atoms with E-state index < -0.39 is 11.7 Å². The molecule has 28 heavy (non-hydrogen) atoms. The van der Waals surface area contributed by atoms with Gasteiger partial charge in [-0.2, -0.15) is 13.2 Å². The Balaban J connectivity index is 1.48. The molecule has 0 aliphatic carbocycles. The average Bonchev–Trinajstić information content (AvgIpc) is 2.69. The molecule has 1 aromatic heterocycles. The summed E-state index contributed by atoms with van der Waals surface area (Å²) >= 11 is 5.81. The van der Waals surface area contributed by atoms with Gasteiger partial charge in [-0.1, -0.05) is 23.7 Å². The van der Waals surface area contributed by atoms with Crippen LogP contribution in [0.5, 0.6) is 17.4 Å². The summed E-state index contributed by atoms with van der Waals surface area (Å²) in [7, 11) is 0. The van der Waals surface area contributed by atoms with Crippen LogP contribution in [0.25, 0.3) is 0 Å². The summed E-state index contributed by atoms with van der Waals surface area (Å²) in [5.41, 5.74) is 1.05. The van der Waals surface area contributed by atoms with Crippen molar-refractivity contribution in [3.63, 3.8) is 0 Å². The highest BCUT2D eigenvalue weighted by molar-refractivity contribution is 6.30. The van der Waals surface area contributed by atoms with Crippen molar-refractivity contribution in [2.75, 3.05) is 0 Å². The van der Waals surface area contributed by atoms with Gasteiger partial charge < -0.3 is 9.47 Å². The fourth-order valence-electron chi connectivity index (χ4n) is 3.09. The Bertz CT molecular complexity index is 972. The van der Waals surface area contributed by atoms with Gasteiger partial charge in [0.05, 0.1) is 10.6 Å². The van der Waals surface area contributed by atoms with E-state index in [0.717, 1.165) is 29.7 Å². The lowest BCUT2D eigenvalue weighted by Gasteiger charge is -2.27. The third-order valence-corrected chi connectivity index (χ3v) is 4.73. The standard InChI is InChI=1S/C21H15ClF3NO2/c22-16-6-10-20(26-12-16)27-17-7-9-19-14(11-17)3-8-18(28-19)13-1-4-15(5-2-13)21(23,24)25/h1-2,4-7,9-12,18H,3,8H2. The Kier molecular flexibility index (Phi) is 4.89. The Labute approximate surface area is 164 Å². The molecule has 0 spiro atoms. The van der Waals surface area contributed by atoms with Crippen LogP contribution in [0.15, 0.2) is 60.8 Å². The van der Waals surface area contributed by atoms with Crippen molar-refractivity contribution in [3.8, 4) is 17.4 Å². The van der Waals surface area contributed by atoms with Crippen molar-refractivity contribution in [2.45, 2.75) is 25.1 Å². The van der Waals surface area contributed by atoms with Crippen LogP contribution in [0.4, 0.5) is 13.2 Å². The number of rotatable bonds is 3. The molecule has 3 aromatic rings. The van der Waals surface area contributed by atoms with E-state index in [0.29, 0.717) is 28.8 Å². The van der Waals surface area contributed by atoms with Crippen LogP contribution in [0.2, 0.25) is 5.02 Å². The second-order valence-electron chi connectivity index (χ2n) is 6.45. The number of alkyl halides is 3. The van der Waals surface area contributed by atoms with Crippen molar-refractivity contribution >= 4 is 11.6 Å². The van der Waals surface area contributed by atoms with E-state index in [1.54, 1.807) is 24.3 Å². The van der Waals surface area contributed by atoms with Crippen molar-refractivity contribution in [1.29, 1.82) is 0 Å². The zero-order valence-electron chi connectivity index (χ0n) is 14.5. The molecule has 0 amide bonds. The quantitative estimate of drug-likeness (QED) is 0.491. The molecule has 0 saturated carbocycles. The molecule has 0 N–H and O–H groups in total. The first kappa shape index (κ1) is 18.6. The van der Waals surface area contributed by atoms with E-state index in [1.165, 1.54) is 18.3 Å². The summed E-state index contributed by atoms with van der Waals surface area (Å²) in [6.45, 7) is 0. The second-order valence-corrected chi connectivity index (χ2v) is 6.89. The van der Waals surface area contributed by atoms with E-state index in [4.69, 9.17) is 21.1 Å². The predicted molar refractivity (Wildman–Crippen MR) is 98.9 cm³/mol. The Morgan fingerprint density at radius 1 is 1.04 bits per heavy atom. The summed E-state index contributed by atoms with van der Waals surface area (Å²) in [5.74, 6) is 1.77. The summed E-state index contributed by atoms with van der Waals surface area (Å²) in [4.78, 5) is 4.10. The third-order valence-electron chi connectivity index (χ3n) is 4.51. The minimum absolute atomic E-state index is 0.278. The normalized spacial score (nSPS) is 16.2. The Morgan fingerprint density at radius 2 is 1.82 bits per heavy atom. The van der Waals surface area contributed by atoms with Gasteiger partial charge >= 0.3 is 6.18 Å². The van der Waals surface area contributed by atoms with Crippen molar-refractivity contribution in [2.24, 2.45) is 0 Å². The molecular formula is C21H15ClF3NO2. The van der Waals surface area contributed by atoms with Gasteiger partial charge in [-0.05, 0) is 60.4 Å². The smallest absolute Gasteiger partial charge is 0.416 e. The number of pyridine rings is 1. The summed E-state index contributed by atoms with van der Waals surface area (Å²) in [5, 5.41) is 0.528. The number of halogens is 4. The third kappa shape index (κ3) is 4.07. The zero-order valence-corrected chi connectivity index (χ0v) is 15.3. The average molecular weight is 406 g/mol. The first-order chi connectivity index (χ1) is 13.4. The number of aryl methyl sites for hydroxylation is 1. The minimum Gasteiger partial charge on any atom is -0.485 e. The van der Waals surface area contributed by atoms with Gasteiger partial charge in [0.25, 0.3) is 0 Å². The van der Waals surface area contributed by atoms with Crippen LogP contribution in [-0.4, -0.2) is 4.98 Å². The highest BCUT2D eigenvalue weighted by Gasteiger charge is 2.30. The van der Waals surface area contributed by atoms with Crippen LogP contribution in [0, 0.1) is 0 Å². The lowest BCUT2D eigenvalue weighted by molar-refractivity contribution is -0.137. The zero-order chi connectivity index (χ0) is 19.7. The van der Waals surface area contributed by atoms with Crippen molar-refractivity contribution in [1.82, 2.24) is 4.98 Å². The van der Waals surface area contributed by atoms with E-state index in [9.17, 15) is 13.2 Å². The SMILES string of the molecule is FC(F)(F)c1ccc(C2CCc3cc(Oc4ccc(Cl)cn4)ccc3O2)cc1. The van der Waals surface area contributed by atoms with Gasteiger partial charge in [-0.25, -0.2) is 4.98 Å². The molecule has 144 valence electrons. The number of hydrogen-bond donors (Lipinski definition) is 0. The molecule has 0 saturated heterocycles. The summed E-state index contributed by atoms with van der Waals surface area (Å²) in [6, 6.07) is 14.0. The maximum Gasteiger partial charge on any atom is 0.416 e. The molecule has 7 heteroatoms. The summed E-state index contributed by atoms with van der Waals surface area (Å²) < 4.78 is 49.9. The molecule has 4 rings (SSSR count). The minimum atomic E-state index is -4.34. The second kappa shape index (κ2) is 7.36. The molecule has 1 aliphatic heterocycles. The van der Waals surface area contributed by atoms with Gasteiger partial charge in [0, 0.05) is 12.3 Å². The van der Waals surface area contributed by atoms with Crippen molar-refractivity contribution in [3.05, 3.63) is 82.5 Å². The van der Waals surface area contributed by atoms with E-state index in [2.05, 4.69) is 4.98 Å². The van der Waals surface area contributed by atoms with Gasteiger partial charge in [-0.15, -0.1) is 0 Å². The fraction of sp³-hybridized carbons (Fsp3) is 0.190. The largest absolute Gasteiger partial charge is 0.485 e. The molecule has 0 radical (unpaired) electrons. The highest BCUT2D eigenvalue weighted by Crippen LogP contribution is 2.38. The molecule has 1 atom stereocenters. The van der Waals surface area contributed by atoms with Gasteiger partial charge in [0.15, 0.2) is 0 Å². The topological polar surface area (TPSA) is 31.4 Å². The van der Waals surface area contributed by atoms with E-state index >= 15 is 0 Å². The molecular weight excluding hydrogens is 391 g/mol. The molecule has 0 bridgehead atoms. The van der Waals surface area contributed by atoms with Crippen LogP contribution in [0.1, 0.15) is 29.2 Å². The lowest BCUT2D eigenvalue weighted by atomic mass is 9.96. The van der Waals surface area contributed by atoms with Crippen LogP contribution in [0.3, 0.4) is 0 Å². The number of aromatic nitrogens is 1. The number of hydrogen-bond acceptors (Lipinski definition) is 3. The Morgan fingerprint density at radius 3 is 2.50 bits per heavy atom. The van der Waals surface area contributed by atoms with Crippen LogP contribution >= 0.6 is 11.6 Å². The van der Waals surface area contributed by atoms with Crippen molar-refractivity contribution < 1.29 is 22.6 Å². The predicted octanol–water partition coefficient (Wildman–Crippen LogP) is 6.61. The number of benzene rings is 2. The lowest BCUT2D eigenvalue weighted by Crippen LogP contribution is -2.15. The molecule has 2 aromatic carbocycles. The molecule has 0 fully saturated rings. The maximum atomic E-state index is 12.7. The first-order valence-corrected chi connectivity index (χ1v) is 9.02. The number of ether oxygens (including phenoxy) is 2. The molecule has 3 nitrogen and oxygen atoms in total. The van der Waals surface area contributed by atoms with E-state index in [-0.39, 0.29) is 6.10 Å². The van der Waals surface area contributed by atoms with Gasteiger partial charge in [0.1, 0.15) is 17.6 Å². The maximum absolute atomic E-state index is 12.7. The highest BCUT2D eigenvalue weighted by atomic mass is 35.5. The summed E-state index contributed by atoms with van der Waals surface area (Å²) in [6.07, 6.45) is -1.71. The monoisotopic (exact) mass is 405 g/mol. The first-order valence-electron chi connectivity index (χ1n) is 8.65. The van der Waals surface area contributed by atoms with Crippen LogP contribution < -0.4 is 9.47 Å². The Hall–Kier alpha value is -2.73. The molecule has 2 heterocycles. The number of nitrogens with zero attached hydrogens (tertiary/aromatic N) is 1. The fourth-order valence-corrected chi connectivity index (χ4v) is 3.21. The van der Waals surface area contributed by atoms with Gasteiger partial charge in [-0.3, -0.25) is 0 Å². The number of fused-ring (bicyclic) bond motifs is 1. The van der Waals surface area contributed by atoms with Gasteiger partial charge in [0.2, 0.25) is 5.88 Å². The van der Waals surface area contributed by atoms with E-state index in [1.807, 2.05) is 6.07 Å². The molecule has 1 aliphatic rings. The van der Waals surface area contributed by atoms with Crippen LogP contribution in [-0.2, 0) is 12.6 Å². The molecule has 1 unspecified atom stereocenters.